The van der Waals surface area contributed by atoms with Gasteiger partial charge in [0.15, 0.2) is 0 Å². The normalized spacial score (nSPS) is 12.2. The molecule has 0 aliphatic rings. The average molecular weight is 217 g/mol. The van der Waals surface area contributed by atoms with Crippen LogP contribution in [0.4, 0.5) is 5.95 Å². The Labute approximate surface area is 96.3 Å². The summed E-state index contributed by atoms with van der Waals surface area (Å²) in [5.74, 6) is 0.608. The molecule has 0 aliphatic heterocycles. The molecule has 0 amide bonds. The number of para-hydroxylation sites is 1. The van der Waals surface area contributed by atoms with E-state index in [4.69, 9.17) is 5.73 Å². The van der Waals surface area contributed by atoms with E-state index < -0.39 is 0 Å². The fourth-order valence-corrected chi connectivity index (χ4v) is 2.05. The molecule has 0 aliphatic carbocycles. The van der Waals surface area contributed by atoms with Crippen molar-refractivity contribution in [3.05, 3.63) is 23.8 Å². The van der Waals surface area contributed by atoms with Crippen molar-refractivity contribution in [2.45, 2.75) is 39.7 Å². The summed E-state index contributed by atoms with van der Waals surface area (Å²) in [5.41, 5.74) is 9.36. The zero-order valence-electron chi connectivity index (χ0n) is 10.4. The van der Waals surface area contributed by atoms with Gasteiger partial charge in [0.05, 0.1) is 11.0 Å². The second-order valence-electron chi connectivity index (χ2n) is 4.91. The number of benzene rings is 1. The van der Waals surface area contributed by atoms with E-state index in [1.807, 2.05) is 0 Å². The van der Waals surface area contributed by atoms with Crippen LogP contribution in [0.2, 0.25) is 0 Å². The number of fused-ring (bicyclic) bond motifs is 1. The standard InChI is InChI=1S/C13H19N3/c1-5-13(3,4)16-10-8-6-7-9(2)11(10)15-12(16)14/h6-8H,5H2,1-4H3,(H2,14,15). The van der Waals surface area contributed by atoms with Crippen LogP contribution in [0.3, 0.4) is 0 Å². The molecule has 1 heterocycles. The lowest BCUT2D eigenvalue weighted by atomic mass is 10.0. The molecule has 16 heavy (non-hydrogen) atoms. The summed E-state index contributed by atoms with van der Waals surface area (Å²) in [4.78, 5) is 4.47. The van der Waals surface area contributed by atoms with Gasteiger partial charge in [-0.2, -0.15) is 0 Å². The smallest absolute Gasteiger partial charge is 0.201 e. The average Bonchev–Trinajstić information content (AvgIpc) is 2.57. The molecular weight excluding hydrogens is 198 g/mol. The first-order chi connectivity index (χ1) is 7.47. The summed E-state index contributed by atoms with van der Waals surface area (Å²) >= 11 is 0. The molecule has 3 heteroatoms. The maximum Gasteiger partial charge on any atom is 0.201 e. The van der Waals surface area contributed by atoms with E-state index >= 15 is 0 Å². The van der Waals surface area contributed by atoms with Gasteiger partial charge in [-0.1, -0.05) is 19.1 Å². The van der Waals surface area contributed by atoms with Crippen LogP contribution in [0.1, 0.15) is 32.8 Å². The summed E-state index contributed by atoms with van der Waals surface area (Å²) in [7, 11) is 0. The van der Waals surface area contributed by atoms with E-state index in [-0.39, 0.29) is 5.54 Å². The number of hydrogen-bond acceptors (Lipinski definition) is 2. The number of anilines is 1. The van der Waals surface area contributed by atoms with Crippen LogP contribution in [0.5, 0.6) is 0 Å². The van der Waals surface area contributed by atoms with E-state index in [0.29, 0.717) is 5.95 Å². The van der Waals surface area contributed by atoms with Gasteiger partial charge >= 0.3 is 0 Å². The molecule has 0 fully saturated rings. The van der Waals surface area contributed by atoms with Crippen LogP contribution >= 0.6 is 0 Å². The Kier molecular flexibility index (Phi) is 2.41. The van der Waals surface area contributed by atoms with E-state index in [1.54, 1.807) is 0 Å². The van der Waals surface area contributed by atoms with Crippen LogP contribution in [0.15, 0.2) is 18.2 Å². The summed E-state index contributed by atoms with van der Waals surface area (Å²) in [6, 6.07) is 6.21. The van der Waals surface area contributed by atoms with Crippen molar-refractivity contribution in [2.75, 3.05) is 5.73 Å². The fraction of sp³-hybridized carbons (Fsp3) is 0.462. The van der Waals surface area contributed by atoms with Gasteiger partial charge in [0, 0.05) is 5.54 Å². The van der Waals surface area contributed by atoms with Crippen molar-refractivity contribution in [2.24, 2.45) is 0 Å². The molecule has 0 bridgehead atoms. The number of nitrogen functional groups attached to an aromatic ring is 1. The molecule has 0 saturated heterocycles. The van der Waals surface area contributed by atoms with Gasteiger partial charge in [0.2, 0.25) is 5.95 Å². The molecule has 0 unspecified atom stereocenters. The molecular formula is C13H19N3. The topological polar surface area (TPSA) is 43.8 Å². The van der Waals surface area contributed by atoms with Crippen molar-refractivity contribution < 1.29 is 0 Å². The minimum Gasteiger partial charge on any atom is -0.369 e. The molecule has 1 aromatic carbocycles. The van der Waals surface area contributed by atoms with Gasteiger partial charge in [-0.05, 0) is 38.8 Å². The number of nitrogens with zero attached hydrogens (tertiary/aromatic N) is 2. The number of rotatable bonds is 2. The Morgan fingerprint density at radius 1 is 1.38 bits per heavy atom. The molecule has 0 radical (unpaired) electrons. The number of nitrogens with two attached hydrogens (primary N) is 1. The SMILES string of the molecule is CCC(C)(C)n1c(N)nc2c(C)cccc21. The molecule has 2 N–H and O–H groups in total. The van der Waals surface area contributed by atoms with E-state index in [9.17, 15) is 0 Å². The highest BCUT2D eigenvalue weighted by molar-refractivity contribution is 5.81. The molecule has 86 valence electrons. The van der Waals surface area contributed by atoms with Crippen molar-refractivity contribution in [1.29, 1.82) is 0 Å². The Morgan fingerprint density at radius 3 is 2.69 bits per heavy atom. The molecule has 0 saturated carbocycles. The lowest BCUT2D eigenvalue weighted by Crippen LogP contribution is -2.26. The Balaban J connectivity index is 2.80. The third-order valence-corrected chi connectivity index (χ3v) is 3.38. The number of hydrogen-bond donors (Lipinski definition) is 1. The minimum atomic E-state index is 0.00657. The molecule has 0 atom stereocenters. The third-order valence-electron chi connectivity index (χ3n) is 3.38. The highest BCUT2D eigenvalue weighted by Crippen LogP contribution is 2.30. The maximum absolute atomic E-state index is 6.04. The second-order valence-corrected chi connectivity index (χ2v) is 4.91. The maximum atomic E-state index is 6.04. The summed E-state index contributed by atoms with van der Waals surface area (Å²) in [5, 5.41) is 0. The molecule has 3 nitrogen and oxygen atoms in total. The van der Waals surface area contributed by atoms with Crippen molar-refractivity contribution in [3.63, 3.8) is 0 Å². The minimum absolute atomic E-state index is 0.00657. The van der Waals surface area contributed by atoms with Gasteiger partial charge < -0.3 is 10.3 Å². The lowest BCUT2D eigenvalue weighted by molar-refractivity contribution is 0.357. The van der Waals surface area contributed by atoms with Crippen LogP contribution < -0.4 is 5.73 Å². The first-order valence-corrected chi connectivity index (χ1v) is 5.71. The number of aromatic nitrogens is 2. The zero-order valence-corrected chi connectivity index (χ0v) is 10.4. The van der Waals surface area contributed by atoms with Crippen LogP contribution in [0.25, 0.3) is 11.0 Å². The summed E-state index contributed by atoms with van der Waals surface area (Å²) < 4.78 is 2.13. The van der Waals surface area contributed by atoms with Crippen molar-refractivity contribution in [1.82, 2.24) is 9.55 Å². The predicted octanol–water partition coefficient (Wildman–Crippen LogP) is 3.07. The van der Waals surface area contributed by atoms with Gasteiger partial charge in [0.25, 0.3) is 0 Å². The summed E-state index contributed by atoms with van der Waals surface area (Å²) in [6.45, 7) is 8.61. The fourth-order valence-electron chi connectivity index (χ4n) is 2.05. The van der Waals surface area contributed by atoms with Gasteiger partial charge in [-0.25, -0.2) is 4.98 Å². The number of imidazole rings is 1. The quantitative estimate of drug-likeness (QED) is 0.840. The van der Waals surface area contributed by atoms with Gasteiger partial charge in [-0.15, -0.1) is 0 Å². The zero-order chi connectivity index (χ0) is 11.9. The predicted molar refractivity (Wildman–Crippen MR) is 68.5 cm³/mol. The molecule has 2 rings (SSSR count). The Hall–Kier alpha value is -1.51. The van der Waals surface area contributed by atoms with Crippen molar-refractivity contribution >= 4 is 17.0 Å². The largest absolute Gasteiger partial charge is 0.369 e. The molecule has 2 aromatic rings. The Morgan fingerprint density at radius 2 is 2.06 bits per heavy atom. The Bertz CT molecular complexity index is 523. The molecule has 1 aromatic heterocycles. The van der Waals surface area contributed by atoms with Crippen LogP contribution in [-0.4, -0.2) is 9.55 Å². The van der Waals surface area contributed by atoms with E-state index in [1.165, 1.54) is 5.56 Å². The summed E-state index contributed by atoms with van der Waals surface area (Å²) in [6.07, 6.45) is 1.02. The van der Waals surface area contributed by atoms with E-state index in [0.717, 1.165) is 17.5 Å². The van der Waals surface area contributed by atoms with Gasteiger partial charge in [0.1, 0.15) is 0 Å². The highest BCUT2D eigenvalue weighted by atomic mass is 15.2. The highest BCUT2D eigenvalue weighted by Gasteiger charge is 2.23. The van der Waals surface area contributed by atoms with E-state index in [2.05, 4.69) is 55.4 Å². The second kappa shape index (κ2) is 3.51. The van der Waals surface area contributed by atoms with Crippen molar-refractivity contribution in [3.8, 4) is 0 Å². The molecule has 0 spiro atoms. The third kappa shape index (κ3) is 1.47. The monoisotopic (exact) mass is 217 g/mol. The van der Waals surface area contributed by atoms with Crippen LogP contribution in [-0.2, 0) is 5.54 Å². The number of aryl methyl sites for hydroxylation is 1. The first-order valence-electron chi connectivity index (χ1n) is 5.71. The lowest BCUT2D eigenvalue weighted by Gasteiger charge is -2.26. The van der Waals surface area contributed by atoms with Gasteiger partial charge in [-0.3, -0.25) is 0 Å². The first kappa shape index (κ1) is 11.0. The van der Waals surface area contributed by atoms with Crippen LogP contribution in [0, 0.1) is 6.92 Å².